The highest BCUT2D eigenvalue weighted by molar-refractivity contribution is 7.16. The third-order valence-electron chi connectivity index (χ3n) is 6.19. The van der Waals surface area contributed by atoms with Crippen LogP contribution < -0.4 is 10.1 Å². The number of benzene rings is 1. The summed E-state index contributed by atoms with van der Waals surface area (Å²) in [5.41, 5.74) is 0.468. The van der Waals surface area contributed by atoms with E-state index in [4.69, 9.17) is 4.74 Å². The van der Waals surface area contributed by atoms with E-state index < -0.39 is 17.8 Å². The predicted molar refractivity (Wildman–Crippen MR) is 128 cm³/mol. The molecule has 3 aromatic heterocycles. The number of halogens is 3. The number of nitriles is 1. The van der Waals surface area contributed by atoms with Crippen LogP contribution in [0.25, 0.3) is 16.9 Å². The highest BCUT2D eigenvalue weighted by Gasteiger charge is 2.36. The van der Waals surface area contributed by atoms with Crippen LogP contribution in [0.3, 0.4) is 0 Å². The molecule has 7 nitrogen and oxygen atoms in total. The van der Waals surface area contributed by atoms with E-state index in [-0.39, 0.29) is 17.0 Å². The number of aromatic nitrogens is 3. The lowest BCUT2D eigenvalue weighted by Gasteiger charge is -2.17. The second-order valence-electron chi connectivity index (χ2n) is 8.67. The molecule has 0 bridgehead atoms. The lowest BCUT2D eigenvalue weighted by atomic mass is 9.89. The second kappa shape index (κ2) is 8.95. The molecule has 1 aliphatic rings. The number of ether oxygens (including phenoxy) is 1. The van der Waals surface area contributed by atoms with E-state index >= 15 is 0 Å². The summed E-state index contributed by atoms with van der Waals surface area (Å²) in [7, 11) is 1.49. The molecule has 184 valence electrons. The van der Waals surface area contributed by atoms with E-state index in [0.29, 0.717) is 32.3 Å². The van der Waals surface area contributed by atoms with Gasteiger partial charge in [-0.3, -0.25) is 4.79 Å². The highest BCUT2D eigenvalue weighted by Crippen LogP contribution is 2.39. The lowest BCUT2D eigenvalue weighted by Crippen LogP contribution is -2.15. The molecule has 0 aliphatic heterocycles. The van der Waals surface area contributed by atoms with Crippen LogP contribution in [0.4, 0.5) is 18.2 Å². The highest BCUT2D eigenvalue weighted by atomic mass is 32.1. The first kappa shape index (κ1) is 23.8. The molecule has 1 unspecified atom stereocenters. The second-order valence-corrected chi connectivity index (χ2v) is 9.78. The molecule has 0 spiro atoms. The zero-order valence-electron chi connectivity index (χ0n) is 19.3. The van der Waals surface area contributed by atoms with Crippen molar-refractivity contribution in [1.82, 2.24) is 14.6 Å². The summed E-state index contributed by atoms with van der Waals surface area (Å²) in [6, 6.07) is 10.7. The van der Waals surface area contributed by atoms with Crippen molar-refractivity contribution in [2.24, 2.45) is 5.92 Å². The predicted octanol–water partition coefficient (Wildman–Crippen LogP) is 5.73. The Kier molecular flexibility index (Phi) is 5.92. The van der Waals surface area contributed by atoms with Crippen molar-refractivity contribution in [1.29, 1.82) is 5.26 Å². The van der Waals surface area contributed by atoms with E-state index in [1.807, 2.05) is 0 Å². The van der Waals surface area contributed by atoms with E-state index in [1.54, 1.807) is 24.3 Å². The van der Waals surface area contributed by atoms with Crippen molar-refractivity contribution >= 4 is 27.9 Å². The molecule has 4 aromatic rings. The molecule has 1 N–H and O–H groups in total. The maximum absolute atomic E-state index is 13.9. The number of carbonyl (C=O) groups excluding carboxylic acids is 1. The van der Waals surface area contributed by atoms with Gasteiger partial charge in [0, 0.05) is 16.5 Å². The molecule has 1 aromatic carbocycles. The number of methoxy groups -OCH3 is 1. The molecule has 5 rings (SSSR count). The third kappa shape index (κ3) is 4.28. The summed E-state index contributed by atoms with van der Waals surface area (Å²) in [6.07, 6.45) is -2.20. The number of carbonyl (C=O) groups is 1. The summed E-state index contributed by atoms with van der Waals surface area (Å²) in [6.45, 7) is 2.13. The zero-order valence-corrected chi connectivity index (χ0v) is 20.1. The Balaban J connectivity index is 1.53. The molecule has 0 saturated carbocycles. The van der Waals surface area contributed by atoms with Gasteiger partial charge in [0.15, 0.2) is 17.0 Å². The average Bonchev–Trinajstić information content (AvgIpc) is 3.43. The molecule has 0 fully saturated rings. The lowest BCUT2D eigenvalue weighted by molar-refractivity contribution is -0.142. The van der Waals surface area contributed by atoms with Gasteiger partial charge in [0.2, 0.25) is 0 Å². The quantitative estimate of drug-likeness (QED) is 0.378. The summed E-state index contributed by atoms with van der Waals surface area (Å²) in [4.78, 5) is 18.4. The number of thiophene rings is 1. The third-order valence-corrected chi connectivity index (χ3v) is 7.36. The largest absolute Gasteiger partial charge is 0.497 e. The maximum Gasteiger partial charge on any atom is 0.433 e. The molecule has 1 aliphatic carbocycles. The Morgan fingerprint density at radius 1 is 1.28 bits per heavy atom. The average molecular weight is 512 g/mol. The Morgan fingerprint density at radius 3 is 2.69 bits per heavy atom. The number of alkyl halides is 3. The van der Waals surface area contributed by atoms with Gasteiger partial charge in [-0.05, 0) is 61.1 Å². The smallest absolute Gasteiger partial charge is 0.433 e. The van der Waals surface area contributed by atoms with Gasteiger partial charge in [-0.25, -0.2) is 9.50 Å². The monoisotopic (exact) mass is 511 g/mol. The first-order valence-corrected chi connectivity index (χ1v) is 12.0. The van der Waals surface area contributed by atoms with Crippen LogP contribution in [-0.2, 0) is 19.0 Å². The molecule has 11 heteroatoms. The summed E-state index contributed by atoms with van der Waals surface area (Å²) in [5.74, 6) is 0.333. The van der Waals surface area contributed by atoms with E-state index in [1.165, 1.54) is 24.5 Å². The fourth-order valence-corrected chi connectivity index (χ4v) is 5.68. The Morgan fingerprint density at radius 2 is 2.03 bits per heavy atom. The number of rotatable bonds is 4. The Bertz CT molecular complexity index is 1520. The van der Waals surface area contributed by atoms with Gasteiger partial charge >= 0.3 is 6.18 Å². The van der Waals surface area contributed by atoms with E-state index in [0.717, 1.165) is 35.8 Å². The SMILES string of the molecule is COc1ccc(-c2cc(C(F)(F)F)n3nc(C(=O)Nc4sc5c(c4C#N)CCC(C)C5)cc3n2)cc1. The van der Waals surface area contributed by atoms with Crippen molar-refractivity contribution in [3.05, 3.63) is 63.8 Å². The van der Waals surface area contributed by atoms with Gasteiger partial charge < -0.3 is 10.1 Å². The van der Waals surface area contributed by atoms with Gasteiger partial charge in [-0.1, -0.05) is 6.92 Å². The van der Waals surface area contributed by atoms with Crippen molar-refractivity contribution < 1.29 is 22.7 Å². The number of amides is 1. The molecule has 0 saturated heterocycles. The number of hydrogen-bond donors (Lipinski definition) is 1. The number of nitrogens with one attached hydrogen (secondary N) is 1. The number of fused-ring (bicyclic) bond motifs is 2. The number of anilines is 1. The molecule has 1 atom stereocenters. The molecule has 0 radical (unpaired) electrons. The van der Waals surface area contributed by atoms with Crippen LogP contribution in [0.5, 0.6) is 5.75 Å². The first-order valence-electron chi connectivity index (χ1n) is 11.2. The minimum atomic E-state index is -4.74. The molecule has 1 amide bonds. The fourth-order valence-electron chi connectivity index (χ4n) is 4.32. The van der Waals surface area contributed by atoms with Crippen LogP contribution in [0.1, 0.15) is 45.5 Å². The van der Waals surface area contributed by atoms with Crippen LogP contribution >= 0.6 is 11.3 Å². The number of nitrogens with zero attached hydrogens (tertiary/aromatic N) is 4. The van der Waals surface area contributed by atoms with E-state index in [2.05, 4.69) is 28.4 Å². The van der Waals surface area contributed by atoms with Gasteiger partial charge in [0.25, 0.3) is 5.91 Å². The zero-order chi connectivity index (χ0) is 25.6. The van der Waals surface area contributed by atoms with E-state index in [9.17, 15) is 23.2 Å². The fraction of sp³-hybridized carbons (Fsp3) is 0.280. The van der Waals surface area contributed by atoms with Crippen LogP contribution in [-0.4, -0.2) is 27.6 Å². The molecule has 36 heavy (non-hydrogen) atoms. The molecular weight excluding hydrogens is 491 g/mol. The minimum absolute atomic E-state index is 0.0798. The summed E-state index contributed by atoms with van der Waals surface area (Å²) < 4.78 is 47.4. The first-order chi connectivity index (χ1) is 17.2. The Labute approximate surface area is 208 Å². The minimum Gasteiger partial charge on any atom is -0.497 e. The van der Waals surface area contributed by atoms with Crippen molar-refractivity contribution in [3.63, 3.8) is 0 Å². The van der Waals surface area contributed by atoms with Gasteiger partial charge in [-0.15, -0.1) is 11.3 Å². The van der Waals surface area contributed by atoms with Crippen LogP contribution in [0, 0.1) is 17.2 Å². The Hall–Kier alpha value is -3.91. The van der Waals surface area contributed by atoms with Gasteiger partial charge in [-0.2, -0.15) is 23.5 Å². The van der Waals surface area contributed by atoms with Crippen molar-refractivity contribution in [2.45, 2.75) is 32.4 Å². The maximum atomic E-state index is 13.9. The molecule has 3 heterocycles. The summed E-state index contributed by atoms with van der Waals surface area (Å²) >= 11 is 1.34. The van der Waals surface area contributed by atoms with Crippen LogP contribution in [0.2, 0.25) is 0 Å². The number of hydrogen-bond acceptors (Lipinski definition) is 6. The summed E-state index contributed by atoms with van der Waals surface area (Å²) in [5, 5.41) is 16.7. The van der Waals surface area contributed by atoms with Crippen molar-refractivity contribution in [2.75, 3.05) is 12.4 Å². The van der Waals surface area contributed by atoms with Crippen LogP contribution in [0.15, 0.2) is 36.4 Å². The standard InChI is InChI=1S/C25H20F3N5O2S/c1-13-3-8-16-17(12-29)24(36-20(16)9-13)31-23(34)19-11-22-30-18(14-4-6-15(35-2)7-5-14)10-21(25(26,27)28)33(22)32-19/h4-7,10-11,13H,3,8-9H2,1-2H3,(H,31,34). The normalized spacial score (nSPS) is 15.4. The van der Waals surface area contributed by atoms with Gasteiger partial charge in [0.05, 0.1) is 18.4 Å². The van der Waals surface area contributed by atoms with Gasteiger partial charge in [0.1, 0.15) is 16.8 Å². The van der Waals surface area contributed by atoms with Crippen molar-refractivity contribution in [3.8, 4) is 23.1 Å². The topological polar surface area (TPSA) is 92.3 Å². The molecular formula is C25H20F3N5O2S.